The van der Waals surface area contributed by atoms with Crippen molar-refractivity contribution >= 4 is 0 Å². The van der Waals surface area contributed by atoms with E-state index in [9.17, 15) is 0 Å². The molecule has 0 bridgehead atoms. The van der Waals surface area contributed by atoms with Crippen molar-refractivity contribution in [3.05, 3.63) is 0 Å². The highest BCUT2D eigenvalue weighted by molar-refractivity contribution is 4.65. The minimum absolute atomic E-state index is 0.318. The molecular formula is C12H25NO2. The van der Waals surface area contributed by atoms with Gasteiger partial charge >= 0.3 is 0 Å². The maximum atomic E-state index is 5.49. The fourth-order valence-electron chi connectivity index (χ4n) is 1.84. The van der Waals surface area contributed by atoms with Gasteiger partial charge in [-0.05, 0) is 46.2 Å². The Balaban J connectivity index is 1.76. The quantitative estimate of drug-likeness (QED) is 0.577. The van der Waals surface area contributed by atoms with E-state index < -0.39 is 0 Å². The summed E-state index contributed by atoms with van der Waals surface area (Å²) in [5, 5.41) is 0. The van der Waals surface area contributed by atoms with Gasteiger partial charge in [0, 0.05) is 13.2 Å². The minimum Gasteiger partial charge on any atom is -0.379 e. The molecule has 1 heterocycles. The molecule has 0 atom stereocenters. The molecule has 0 radical (unpaired) electrons. The summed E-state index contributed by atoms with van der Waals surface area (Å²) in [6.07, 6.45) is 4.23. The van der Waals surface area contributed by atoms with Gasteiger partial charge in [-0.2, -0.15) is 0 Å². The maximum absolute atomic E-state index is 5.49. The first-order valence-corrected chi connectivity index (χ1v) is 6.21. The fourth-order valence-corrected chi connectivity index (χ4v) is 1.84. The van der Waals surface area contributed by atoms with Crippen molar-refractivity contribution in [3.8, 4) is 0 Å². The zero-order valence-electron chi connectivity index (χ0n) is 10.2. The average molecular weight is 215 g/mol. The smallest absolute Gasteiger partial charge is 0.0703 e. The molecule has 0 aromatic rings. The van der Waals surface area contributed by atoms with E-state index in [0.717, 1.165) is 26.2 Å². The molecule has 0 N–H and O–H groups in total. The lowest BCUT2D eigenvalue weighted by Crippen LogP contribution is -2.21. The third-order valence-corrected chi connectivity index (χ3v) is 2.64. The molecule has 0 aliphatic carbocycles. The van der Waals surface area contributed by atoms with Crippen LogP contribution in [-0.2, 0) is 9.47 Å². The molecule has 90 valence electrons. The molecule has 0 unspecified atom stereocenters. The molecule has 0 amide bonds. The number of rotatable bonds is 8. The van der Waals surface area contributed by atoms with Gasteiger partial charge in [0.05, 0.1) is 19.3 Å². The van der Waals surface area contributed by atoms with Gasteiger partial charge < -0.3 is 14.4 Å². The second-order valence-corrected chi connectivity index (χ2v) is 4.43. The van der Waals surface area contributed by atoms with Crippen LogP contribution in [0.25, 0.3) is 0 Å². The van der Waals surface area contributed by atoms with Gasteiger partial charge in [-0.25, -0.2) is 0 Å². The van der Waals surface area contributed by atoms with Gasteiger partial charge in [-0.15, -0.1) is 0 Å². The molecule has 1 aliphatic rings. The normalized spacial score (nSPS) is 17.8. The summed E-state index contributed by atoms with van der Waals surface area (Å²) in [6, 6.07) is 0. The lowest BCUT2D eigenvalue weighted by molar-refractivity contribution is 0.0178. The Bertz CT molecular complexity index is 145. The summed E-state index contributed by atoms with van der Waals surface area (Å²) in [5.74, 6) is 0. The van der Waals surface area contributed by atoms with Crippen molar-refractivity contribution in [2.24, 2.45) is 0 Å². The third-order valence-electron chi connectivity index (χ3n) is 2.64. The van der Waals surface area contributed by atoms with Crippen LogP contribution in [0.1, 0.15) is 33.1 Å². The Morgan fingerprint density at radius 2 is 1.80 bits per heavy atom. The van der Waals surface area contributed by atoms with Crippen LogP contribution in [0.15, 0.2) is 0 Å². The maximum Gasteiger partial charge on any atom is 0.0703 e. The lowest BCUT2D eigenvalue weighted by Gasteiger charge is -2.14. The number of hydrogen-bond donors (Lipinski definition) is 0. The van der Waals surface area contributed by atoms with Crippen molar-refractivity contribution in [2.45, 2.75) is 39.2 Å². The molecule has 3 heteroatoms. The highest BCUT2D eigenvalue weighted by atomic mass is 16.5. The van der Waals surface area contributed by atoms with Crippen molar-refractivity contribution in [2.75, 3.05) is 39.5 Å². The number of likely N-dealkylation sites (tertiary alicyclic amines) is 1. The fraction of sp³-hybridized carbons (Fsp3) is 1.00. The summed E-state index contributed by atoms with van der Waals surface area (Å²) >= 11 is 0. The molecule has 1 rings (SSSR count). The van der Waals surface area contributed by atoms with Gasteiger partial charge in [0.15, 0.2) is 0 Å². The summed E-state index contributed by atoms with van der Waals surface area (Å²) in [4.78, 5) is 2.52. The van der Waals surface area contributed by atoms with Crippen LogP contribution in [0.3, 0.4) is 0 Å². The standard InChI is InChI=1S/C12H25NO2/c1-12(2)15-11-10-14-9-5-8-13-6-3-4-7-13/h12H,3-11H2,1-2H3. The zero-order chi connectivity index (χ0) is 10.9. The predicted octanol–water partition coefficient (Wildman–Crippen LogP) is 1.91. The average Bonchev–Trinajstić information content (AvgIpc) is 2.68. The topological polar surface area (TPSA) is 21.7 Å². The Labute approximate surface area is 93.7 Å². The predicted molar refractivity (Wildman–Crippen MR) is 62.2 cm³/mol. The van der Waals surface area contributed by atoms with Gasteiger partial charge in [-0.1, -0.05) is 0 Å². The molecule has 1 saturated heterocycles. The molecule has 0 spiro atoms. The molecule has 0 saturated carbocycles. The van der Waals surface area contributed by atoms with E-state index in [-0.39, 0.29) is 0 Å². The van der Waals surface area contributed by atoms with E-state index in [2.05, 4.69) is 4.90 Å². The number of ether oxygens (including phenoxy) is 2. The van der Waals surface area contributed by atoms with Crippen LogP contribution in [0, 0.1) is 0 Å². The largest absolute Gasteiger partial charge is 0.379 e. The molecule has 1 aliphatic heterocycles. The molecule has 0 aromatic carbocycles. The minimum atomic E-state index is 0.318. The molecule has 3 nitrogen and oxygen atoms in total. The van der Waals surface area contributed by atoms with Gasteiger partial charge in [-0.3, -0.25) is 0 Å². The van der Waals surface area contributed by atoms with Crippen LogP contribution >= 0.6 is 0 Å². The highest BCUT2D eigenvalue weighted by Crippen LogP contribution is 2.07. The Morgan fingerprint density at radius 3 is 2.47 bits per heavy atom. The van der Waals surface area contributed by atoms with Gasteiger partial charge in [0.25, 0.3) is 0 Å². The molecular weight excluding hydrogens is 190 g/mol. The van der Waals surface area contributed by atoms with Crippen molar-refractivity contribution in [1.29, 1.82) is 0 Å². The van der Waals surface area contributed by atoms with Crippen molar-refractivity contribution in [3.63, 3.8) is 0 Å². The Hall–Kier alpha value is -0.120. The van der Waals surface area contributed by atoms with E-state index in [1.165, 1.54) is 32.5 Å². The van der Waals surface area contributed by atoms with Crippen molar-refractivity contribution < 1.29 is 9.47 Å². The highest BCUT2D eigenvalue weighted by Gasteiger charge is 2.09. The lowest BCUT2D eigenvalue weighted by atomic mass is 10.4. The second-order valence-electron chi connectivity index (χ2n) is 4.43. The van der Waals surface area contributed by atoms with E-state index >= 15 is 0 Å². The number of nitrogens with zero attached hydrogens (tertiary/aromatic N) is 1. The monoisotopic (exact) mass is 215 g/mol. The Kier molecular flexibility index (Phi) is 6.98. The van der Waals surface area contributed by atoms with Gasteiger partial charge in [0.2, 0.25) is 0 Å². The first kappa shape index (κ1) is 12.9. The van der Waals surface area contributed by atoms with Crippen LogP contribution in [0.2, 0.25) is 0 Å². The van der Waals surface area contributed by atoms with Gasteiger partial charge in [0.1, 0.15) is 0 Å². The molecule has 15 heavy (non-hydrogen) atoms. The van der Waals surface area contributed by atoms with Crippen molar-refractivity contribution in [1.82, 2.24) is 4.90 Å². The summed E-state index contributed by atoms with van der Waals surface area (Å²) in [7, 11) is 0. The summed E-state index contributed by atoms with van der Waals surface area (Å²) in [5.41, 5.74) is 0. The summed E-state index contributed by atoms with van der Waals surface area (Å²) < 4.78 is 10.9. The van der Waals surface area contributed by atoms with E-state index in [1.807, 2.05) is 13.8 Å². The SMILES string of the molecule is CC(C)OCCOCCCN1CCCC1. The second kappa shape index (κ2) is 8.08. The first-order chi connectivity index (χ1) is 7.29. The first-order valence-electron chi connectivity index (χ1n) is 6.21. The van der Waals surface area contributed by atoms with Crippen LogP contribution in [-0.4, -0.2) is 50.5 Å². The number of hydrogen-bond acceptors (Lipinski definition) is 3. The summed E-state index contributed by atoms with van der Waals surface area (Å²) in [6.45, 7) is 10.2. The van der Waals surface area contributed by atoms with E-state index in [0.29, 0.717) is 6.10 Å². The zero-order valence-corrected chi connectivity index (χ0v) is 10.2. The van der Waals surface area contributed by atoms with Crippen LogP contribution in [0.4, 0.5) is 0 Å². The molecule has 0 aromatic heterocycles. The Morgan fingerprint density at radius 1 is 1.07 bits per heavy atom. The third kappa shape index (κ3) is 6.88. The van der Waals surface area contributed by atoms with E-state index in [4.69, 9.17) is 9.47 Å². The van der Waals surface area contributed by atoms with Crippen LogP contribution < -0.4 is 0 Å². The van der Waals surface area contributed by atoms with Crippen LogP contribution in [0.5, 0.6) is 0 Å². The van der Waals surface area contributed by atoms with E-state index in [1.54, 1.807) is 0 Å². The molecule has 1 fully saturated rings.